The number of hydrogen-bond donors (Lipinski definition) is 2. The van der Waals surface area contributed by atoms with Gasteiger partial charge in [0.15, 0.2) is 0 Å². The summed E-state index contributed by atoms with van der Waals surface area (Å²) in [4.78, 5) is 16.7. The summed E-state index contributed by atoms with van der Waals surface area (Å²) in [5, 5.41) is 8.99. The van der Waals surface area contributed by atoms with Crippen molar-refractivity contribution in [2.24, 2.45) is 5.14 Å². The molecular formula is C18H16BrN3O4S. The summed E-state index contributed by atoms with van der Waals surface area (Å²) in [6, 6.07) is 11.5. The summed E-state index contributed by atoms with van der Waals surface area (Å²) < 4.78 is 29.2. The van der Waals surface area contributed by atoms with Crippen LogP contribution in [0.4, 0.5) is 11.4 Å². The minimum atomic E-state index is -3.85. The Kier molecular flexibility index (Phi) is 5.45. The van der Waals surface area contributed by atoms with Gasteiger partial charge < -0.3 is 10.1 Å². The Labute approximate surface area is 164 Å². The molecule has 0 amide bonds. The Morgan fingerprint density at radius 3 is 2.74 bits per heavy atom. The van der Waals surface area contributed by atoms with Gasteiger partial charge in [0.25, 0.3) is 0 Å². The predicted molar refractivity (Wildman–Crippen MR) is 106 cm³/mol. The molecule has 0 spiro atoms. The van der Waals surface area contributed by atoms with Crippen molar-refractivity contribution in [3.8, 4) is 0 Å². The number of sulfonamides is 1. The molecule has 0 aliphatic heterocycles. The smallest absolute Gasteiger partial charge is 0.341 e. The number of anilines is 2. The second kappa shape index (κ2) is 7.63. The summed E-state index contributed by atoms with van der Waals surface area (Å²) in [7, 11) is -3.85. The van der Waals surface area contributed by atoms with Crippen LogP contribution in [0, 0.1) is 0 Å². The number of benzene rings is 2. The first-order valence-electron chi connectivity index (χ1n) is 7.95. The van der Waals surface area contributed by atoms with Gasteiger partial charge in [0, 0.05) is 21.7 Å². The molecule has 140 valence electrons. The number of hydrogen-bond acceptors (Lipinski definition) is 6. The third-order valence-electron chi connectivity index (χ3n) is 3.76. The summed E-state index contributed by atoms with van der Waals surface area (Å²) in [6.07, 6.45) is 1.43. The number of halogens is 1. The zero-order valence-corrected chi connectivity index (χ0v) is 16.7. The van der Waals surface area contributed by atoms with Crippen LogP contribution in [0.1, 0.15) is 17.3 Å². The van der Waals surface area contributed by atoms with Crippen LogP contribution in [0.25, 0.3) is 10.9 Å². The van der Waals surface area contributed by atoms with Gasteiger partial charge in [-0.25, -0.2) is 18.4 Å². The first kappa shape index (κ1) is 19.3. The minimum absolute atomic E-state index is 0.0373. The second-order valence-corrected chi connectivity index (χ2v) is 8.10. The fraction of sp³-hybridized carbons (Fsp3) is 0.111. The van der Waals surface area contributed by atoms with E-state index in [0.29, 0.717) is 22.3 Å². The summed E-state index contributed by atoms with van der Waals surface area (Å²) in [6.45, 7) is 1.93. The summed E-state index contributed by atoms with van der Waals surface area (Å²) in [5.74, 6) is -0.531. The summed E-state index contributed by atoms with van der Waals surface area (Å²) >= 11 is 3.41. The molecule has 1 aromatic heterocycles. The first-order valence-corrected chi connectivity index (χ1v) is 10.3. The van der Waals surface area contributed by atoms with Gasteiger partial charge >= 0.3 is 5.97 Å². The zero-order valence-electron chi connectivity index (χ0n) is 14.3. The minimum Gasteiger partial charge on any atom is -0.462 e. The monoisotopic (exact) mass is 449 g/mol. The highest BCUT2D eigenvalue weighted by atomic mass is 79.9. The molecule has 9 heteroatoms. The van der Waals surface area contributed by atoms with Crippen molar-refractivity contribution in [1.29, 1.82) is 0 Å². The number of carbonyl (C=O) groups is 1. The molecule has 0 radical (unpaired) electrons. The number of nitrogens with zero attached hydrogens (tertiary/aromatic N) is 1. The molecule has 3 aromatic rings. The number of nitrogens with two attached hydrogens (primary N) is 1. The van der Waals surface area contributed by atoms with Gasteiger partial charge in [-0.3, -0.25) is 4.98 Å². The maximum atomic E-state index is 12.4. The molecule has 3 rings (SSSR count). The van der Waals surface area contributed by atoms with Crippen LogP contribution in [0.3, 0.4) is 0 Å². The zero-order chi connectivity index (χ0) is 19.6. The van der Waals surface area contributed by atoms with E-state index in [2.05, 4.69) is 26.2 Å². The van der Waals surface area contributed by atoms with Gasteiger partial charge in [0.1, 0.15) is 5.56 Å². The van der Waals surface area contributed by atoms with Gasteiger partial charge in [-0.2, -0.15) is 0 Å². The van der Waals surface area contributed by atoms with Crippen LogP contribution >= 0.6 is 15.9 Å². The third-order valence-corrected chi connectivity index (χ3v) is 5.16. The van der Waals surface area contributed by atoms with Gasteiger partial charge in [-0.1, -0.05) is 22.0 Å². The number of pyridine rings is 1. The standard InChI is InChI=1S/C18H16BrN3O4S/c1-2-26-18(23)15-10-21-16-7-6-11(19)8-14(16)17(15)22-12-4-3-5-13(9-12)27(20,24)25/h3-10H,2H2,1H3,(H,21,22)(H2,20,24,25). The number of fused-ring (bicyclic) bond motifs is 1. The van der Waals surface area contributed by atoms with Gasteiger partial charge in [0.05, 0.1) is 22.7 Å². The lowest BCUT2D eigenvalue weighted by molar-refractivity contribution is 0.0527. The van der Waals surface area contributed by atoms with E-state index in [9.17, 15) is 13.2 Å². The molecule has 0 saturated carbocycles. The maximum absolute atomic E-state index is 12.4. The maximum Gasteiger partial charge on any atom is 0.341 e. The SMILES string of the molecule is CCOC(=O)c1cnc2ccc(Br)cc2c1Nc1cccc(S(N)(=O)=O)c1. The van der Waals surface area contributed by atoms with Crippen molar-refractivity contribution in [3.63, 3.8) is 0 Å². The number of ether oxygens (including phenoxy) is 1. The third kappa shape index (κ3) is 4.26. The molecule has 0 saturated heterocycles. The van der Waals surface area contributed by atoms with Crippen molar-refractivity contribution in [2.75, 3.05) is 11.9 Å². The van der Waals surface area contributed by atoms with Crippen LogP contribution < -0.4 is 10.5 Å². The van der Waals surface area contributed by atoms with Crippen LogP contribution in [-0.2, 0) is 14.8 Å². The highest BCUT2D eigenvalue weighted by molar-refractivity contribution is 9.10. The van der Waals surface area contributed by atoms with E-state index in [-0.39, 0.29) is 17.1 Å². The van der Waals surface area contributed by atoms with E-state index >= 15 is 0 Å². The van der Waals surface area contributed by atoms with Crippen molar-refractivity contribution in [3.05, 3.63) is 58.7 Å². The lowest BCUT2D eigenvalue weighted by atomic mass is 10.1. The number of carbonyl (C=O) groups excluding carboxylic acids is 1. The summed E-state index contributed by atoms with van der Waals surface area (Å²) in [5.41, 5.74) is 1.82. The fourth-order valence-electron chi connectivity index (χ4n) is 2.56. The van der Waals surface area contributed by atoms with Gasteiger partial charge in [-0.15, -0.1) is 0 Å². The number of esters is 1. The highest BCUT2D eigenvalue weighted by Gasteiger charge is 2.18. The molecule has 0 bridgehead atoms. The highest BCUT2D eigenvalue weighted by Crippen LogP contribution is 2.32. The van der Waals surface area contributed by atoms with E-state index in [1.54, 1.807) is 25.1 Å². The van der Waals surface area contributed by atoms with Crippen molar-refractivity contribution in [2.45, 2.75) is 11.8 Å². The van der Waals surface area contributed by atoms with E-state index in [0.717, 1.165) is 4.47 Å². The van der Waals surface area contributed by atoms with Crippen LogP contribution in [-0.4, -0.2) is 26.0 Å². The van der Waals surface area contributed by atoms with Gasteiger partial charge in [0.2, 0.25) is 10.0 Å². The average molecular weight is 450 g/mol. The van der Waals surface area contributed by atoms with Crippen molar-refractivity contribution < 1.29 is 17.9 Å². The van der Waals surface area contributed by atoms with Crippen molar-refractivity contribution >= 4 is 54.2 Å². The van der Waals surface area contributed by atoms with Crippen LogP contribution in [0.15, 0.2) is 58.0 Å². The largest absolute Gasteiger partial charge is 0.462 e. The van der Waals surface area contributed by atoms with E-state index in [1.165, 1.54) is 18.3 Å². The molecule has 0 aliphatic rings. The Hall–Kier alpha value is -2.49. The molecule has 0 unspecified atom stereocenters. The van der Waals surface area contributed by atoms with Gasteiger partial charge in [-0.05, 0) is 43.3 Å². The molecule has 0 fully saturated rings. The second-order valence-electron chi connectivity index (χ2n) is 5.63. The Balaban J connectivity index is 2.18. The molecule has 1 heterocycles. The normalized spacial score (nSPS) is 11.4. The molecule has 2 aromatic carbocycles. The molecule has 0 aliphatic carbocycles. The van der Waals surface area contributed by atoms with E-state index in [1.807, 2.05) is 12.1 Å². The predicted octanol–water partition coefficient (Wildman–Crippen LogP) is 3.57. The average Bonchev–Trinajstić information content (AvgIpc) is 2.62. The molecule has 3 N–H and O–H groups in total. The topological polar surface area (TPSA) is 111 Å². The Morgan fingerprint density at radius 1 is 1.26 bits per heavy atom. The Morgan fingerprint density at radius 2 is 2.04 bits per heavy atom. The molecular weight excluding hydrogens is 434 g/mol. The fourth-order valence-corrected chi connectivity index (χ4v) is 3.48. The lowest BCUT2D eigenvalue weighted by Crippen LogP contribution is -2.12. The van der Waals surface area contributed by atoms with Crippen molar-refractivity contribution in [1.82, 2.24) is 4.98 Å². The number of aromatic nitrogens is 1. The number of primary sulfonamides is 1. The molecule has 27 heavy (non-hydrogen) atoms. The molecule has 0 atom stereocenters. The number of rotatable bonds is 5. The van der Waals surface area contributed by atoms with Crippen LogP contribution in [0.2, 0.25) is 0 Å². The molecule has 7 nitrogen and oxygen atoms in total. The first-order chi connectivity index (χ1) is 12.8. The van der Waals surface area contributed by atoms with E-state index in [4.69, 9.17) is 9.88 Å². The van der Waals surface area contributed by atoms with E-state index < -0.39 is 16.0 Å². The Bertz CT molecular complexity index is 1130. The van der Waals surface area contributed by atoms with Crippen LogP contribution in [0.5, 0.6) is 0 Å². The lowest BCUT2D eigenvalue weighted by Gasteiger charge is -2.15. The number of nitrogens with one attached hydrogen (secondary N) is 1. The quantitative estimate of drug-likeness (QED) is 0.575.